The van der Waals surface area contributed by atoms with Crippen LogP contribution in [0.25, 0.3) is 0 Å². The van der Waals surface area contributed by atoms with Gasteiger partial charge in [-0.3, -0.25) is 4.79 Å². The molecular formula is C10H18O2. The topological polar surface area (TPSA) is 26.3 Å². The van der Waals surface area contributed by atoms with E-state index in [4.69, 9.17) is 4.74 Å². The molecule has 0 aliphatic heterocycles. The molecule has 0 unspecified atom stereocenters. The number of rotatable bonds is 3. The van der Waals surface area contributed by atoms with Crippen LogP contribution >= 0.6 is 0 Å². The van der Waals surface area contributed by atoms with E-state index in [1.54, 1.807) is 7.11 Å². The second-order valence-corrected chi connectivity index (χ2v) is 4.39. The Balaban J connectivity index is 2.47. The van der Waals surface area contributed by atoms with E-state index in [0.717, 1.165) is 25.9 Å². The maximum atomic E-state index is 11.2. The van der Waals surface area contributed by atoms with Gasteiger partial charge in [0.15, 0.2) is 0 Å². The SMILES string of the molecule is COCC[C@@H]1CC(=O)CC1(C)C. The van der Waals surface area contributed by atoms with Gasteiger partial charge in [-0.2, -0.15) is 0 Å². The Bertz CT molecular complexity index is 173. The summed E-state index contributed by atoms with van der Waals surface area (Å²) in [4.78, 5) is 11.2. The molecule has 12 heavy (non-hydrogen) atoms. The average Bonchev–Trinajstić information content (AvgIpc) is 2.20. The molecule has 0 spiro atoms. The van der Waals surface area contributed by atoms with Crippen molar-refractivity contribution in [1.82, 2.24) is 0 Å². The highest BCUT2D eigenvalue weighted by Crippen LogP contribution is 2.42. The van der Waals surface area contributed by atoms with Crippen molar-refractivity contribution in [2.45, 2.75) is 33.1 Å². The Kier molecular flexibility index (Phi) is 2.89. The van der Waals surface area contributed by atoms with E-state index in [1.165, 1.54) is 0 Å². The minimum atomic E-state index is 0.204. The first-order valence-corrected chi connectivity index (χ1v) is 4.57. The first-order valence-electron chi connectivity index (χ1n) is 4.57. The first kappa shape index (κ1) is 9.72. The molecule has 0 aromatic heterocycles. The van der Waals surface area contributed by atoms with Gasteiger partial charge in [-0.15, -0.1) is 0 Å². The fourth-order valence-corrected chi connectivity index (χ4v) is 2.03. The largest absolute Gasteiger partial charge is 0.385 e. The van der Waals surface area contributed by atoms with Crippen LogP contribution in [0.3, 0.4) is 0 Å². The van der Waals surface area contributed by atoms with E-state index >= 15 is 0 Å². The van der Waals surface area contributed by atoms with Crippen LogP contribution in [0.4, 0.5) is 0 Å². The average molecular weight is 170 g/mol. The van der Waals surface area contributed by atoms with Crippen molar-refractivity contribution in [3.63, 3.8) is 0 Å². The van der Waals surface area contributed by atoms with Crippen molar-refractivity contribution in [3.05, 3.63) is 0 Å². The Morgan fingerprint density at radius 2 is 2.25 bits per heavy atom. The molecule has 0 heterocycles. The summed E-state index contributed by atoms with van der Waals surface area (Å²) in [5.74, 6) is 0.950. The third kappa shape index (κ3) is 2.07. The molecule has 1 aliphatic carbocycles. The molecule has 2 nitrogen and oxygen atoms in total. The molecule has 0 radical (unpaired) electrons. The number of ether oxygens (including phenoxy) is 1. The maximum Gasteiger partial charge on any atom is 0.133 e. The molecule has 0 saturated heterocycles. The minimum Gasteiger partial charge on any atom is -0.385 e. The standard InChI is InChI=1S/C10H18O2/c1-10(2)7-9(11)6-8(10)4-5-12-3/h8H,4-7H2,1-3H3/t8-/m1/s1. The monoisotopic (exact) mass is 170 g/mol. The lowest BCUT2D eigenvalue weighted by Gasteiger charge is -2.25. The van der Waals surface area contributed by atoms with Crippen LogP contribution in [0, 0.1) is 11.3 Å². The predicted molar refractivity (Wildman–Crippen MR) is 48.0 cm³/mol. The van der Waals surface area contributed by atoms with Gasteiger partial charge in [0.25, 0.3) is 0 Å². The Hall–Kier alpha value is -0.370. The summed E-state index contributed by atoms with van der Waals surface area (Å²) in [5, 5.41) is 0. The molecule has 1 saturated carbocycles. The number of Topliss-reactive ketones (excluding diaryl/α,β-unsaturated/α-hetero) is 1. The van der Waals surface area contributed by atoms with Gasteiger partial charge in [-0.25, -0.2) is 0 Å². The maximum absolute atomic E-state index is 11.2. The van der Waals surface area contributed by atoms with Crippen molar-refractivity contribution < 1.29 is 9.53 Å². The van der Waals surface area contributed by atoms with E-state index in [2.05, 4.69) is 13.8 Å². The fourth-order valence-electron chi connectivity index (χ4n) is 2.03. The highest BCUT2D eigenvalue weighted by molar-refractivity contribution is 5.81. The molecule has 70 valence electrons. The first-order chi connectivity index (χ1) is 5.56. The van der Waals surface area contributed by atoms with Crippen molar-refractivity contribution in [1.29, 1.82) is 0 Å². The molecule has 2 heteroatoms. The van der Waals surface area contributed by atoms with Crippen LogP contribution < -0.4 is 0 Å². The summed E-state index contributed by atoms with van der Waals surface area (Å²) in [6.45, 7) is 5.14. The summed E-state index contributed by atoms with van der Waals surface area (Å²) in [6.07, 6.45) is 2.53. The molecule has 1 fully saturated rings. The summed E-state index contributed by atoms with van der Waals surface area (Å²) in [6, 6.07) is 0. The third-order valence-corrected chi connectivity index (χ3v) is 2.90. The number of methoxy groups -OCH3 is 1. The Morgan fingerprint density at radius 3 is 2.67 bits per heavy atom. The number of ketones is 1. The third-order valence-electron chi connectivity index (χ3n) is 2.90. The molecule has 0 amide bonds. The summed E-state index contributed by atoms with van der Waals surface area (Å²) < 4.78 is 5.02. The summed E-state index contributed by atoms with van der Waals surface area (Å²) in [7, 11) is 1.71. The van der Waals surface area contributed by atoms with Crippen LogP contribution in [0.1, 0.15) is 33.1 Å². The number of hydrogen-bond donors (Lipinski definition) is 0. The van der Waals surface area contributed by atoms with Crippen LogP contribution in [-0.4, -0.2) is 19.5 Å². The van der Waals surface area contributed by atoms with Gasteiger partial charge in [0, 0.05) is 26.6 Å². The number of carbonyl (C=O) groups excluding carboxylic acids is 1. The quantitative estimate of drug-likeness (QED) is 0.647. The zero-order valence-corrected chi connectivity index (χ0v) is 8.22. The van der Waals surface area contributed by atoms with Gasteiger partial charge in [-0.05, 0) is 17.8 Å². The lowest BCUT2D eigenvalue weighted by Crippen LogP contribution is -2.18. The van der Waals surface area contributed by atoms with Crippen molar-refractivity contribution in [3.8, 4) is 0 Å². The second-order valence-electron chi connectivity index (χ2n) is 4.39. The van der Waals surface area contributed by atoms with Gasteiger partial charge in [0.2, 0.25) is 0 Å². The number of carbonyl (C=O) groups is 1. The van der Waals surface area contributed by atoms with E-state index in [-0.39, 0.29) is 5.41 Å². The molecule has 1 atom stereocenters. The summed E-state index contributed by atoms with van der Waals surface area (Å²) in [5.41, 5.74) is 0.204. The van der Waals surface area contributed by atoms with E-state index < -0.39 is 0 Å². The van der Waals surface area contributed by atoms with Crippen LogP contribution in [-0.2, 0) is 9.53 Å². The molecule has 0 aromatic rings. The van der Waals surface area contributed by atoms with Gasteiger partial charge in [0.1, 0.15) is 5.78 Å². The zero-order valence-electron chi connectivity index (χ0n) is 8.22. The highest BCUT2D eigenvalue weighted by atomic mass is 16.5. The molecular weight excluding hydrogens is 152 g/mol. The van der Waals surface area contributed by atoms with Gasteiger partial charge >= 0.3 is 0 Å². The van der Waals surface area contributed by atoms with Crippen molar-refractivity contribution in [2.24, 2.45) is 11.3 Å². The Labute approximate surface area is 74.3 Å². The Morgan fingerprint density at radius 1 is 1.58 bits per heavy atom. The molecule has 1 rings (SSSR count). The normalized spacial score (nSPS) is 27.9. The predicted octanol–water partition coefficient (Wildman–Crippen LogP) is 2.03. The fraction of sp³-hybridized carbons (Fsp3) is 0.900. The molecule has 0 aromatic carbocycles. The smallest absolute Gasteiger partial charge is 0.133 e. The molecule has 0 bridgehead atoms. The van der Waals surface area contributed by atoms with Crippen LogP contribution in [0.15, 0.2) is 0 Å². The highest BCUT2D eigenvalue weighted by Gasteiger charge is 2.38. The van der Waals surface area contributed by atoms with Crippen LogP contribution in [0.5, 0.6) is 0 Å². The van der Waals surface area contributed by atoms with Crippen molar-refractivity contribution >= 4 is 5.78 Å². The van der Waals surface area contributed by atoms with Crippen LogP contribution in [0.2, 0.25) is 0 Å². The number of hydrogen-bond acceptors (Lipinski definition) is 2. The lowest BCUT2D eigenvalue weighted by atomic mass is 9.80. The van der Waals surface area contributed by atoms with E-state index in [1.807, 2.05) is 0 Å². The van der Waals surface area contributed by atoms with E-state index in [0.29, 0.717) is 11.7 Å². The van der Waals surface area contributed by atoms with Gasteiger partial charge < -0.3 is 4.74 Å². The zero-order chi connectivity index (χ0) is 9.19. The molecule has 1 aliphatic rings. The van der Waals surface area contributed by atoms with Crippen molar-refractivity contribution in [2.75, 3.05) is 13.7 Å². The second kappa shape index (κ2) is 3.56. The minimum absolute atomic E-state index is 0.204. The summed E-state index contributed by atoms with van der Waals surface area (Å²) >= 11 is 0. The molecule has 0 N–H and O–H groups in total. The van der Waals surface area contributed by atoms with Gasteiger partial charge in [0.05, 0.1) is 0 Å². The van der Waals surface area contributed by atoms with Gasteiger partial charge in [-0.1, -0.05) is 13.8 Å². The lowest BCUT2D eigenvalue weighted by molar-refractivity contribution is -0.118. The van der Waals surface area contributed by atoms with E-state index in [9.17, 15) is 4.79 Å².